The molecule has 2 aromatic heterocycles. The number of benzene rings is 2. The first kappa shape index (κ1) is 19.0. The molecule has 3 heterocycles. The van der Waals surface area contributed by atoms with Crippen molar-refractivity contribution in [2.45, 2.75) is 25.2 Å². The third-order valence-electron chi connectivity index (χ3n) is 5.31. The molecule has 1 N–H and O–H groups in total. The number of nitrogens with one attached hydrogen (secondary N) is 1. The van der Waals surface area contributed by atoms with Gasteiger partial charge >= 0.3 is 0 Å². The molecule has 30 heavy (non-hydrogen) atoms. The molecule has 1 atom stereocenters. The van der Waals surface area contributed by atoms with Crippen LogP contribution in [0.3, 0.4) is 0 Å². The van der Waals surface area contributed by atoms with E-state index in [0.29, 0.717) is 11.8 Å². The van der Waals surface area contributed by atoms with Gasteiger partial charge in [0.25, 0.3) is 0 Å². The maximum atomic E-state index is 6.16. The summed E-state index contributed by atoms with van der Waals surface area (Å²) in [6.07, 6.45) is 4.97. The topological polar surface area (TPSA) is 56.3 Å². The highest BCUT2D eigenvalue weighted by Crippen LogP contribution is 2.35. The number of hydrogen-bond donors (Lipinski definition) is 1. The highest BCUT2D eigenvalue weighted by Gasteiger charge is 2.19. The Labute approximate surface area is 179 Å². The van der Waals surface area contributed by atoms with E-state index in [1.54, 1.807) is 17.5 Å². The van der Waals surface area contributed by atoms with E-state index < -0.39 is 0 Å². The molecule has 5 nitrogen and oxygen atoms in total. The van der Waals surface area contributed by atoms with Gasteiger partial charge in [-0.15, -0.1) is 0 Å². The Morgan fingerprint density at radius 3 is 2.77 bits per heavy atom. The maximum absolute atomic E-state index is 6.16. The maximum Gasteiger partial charge on any atom is 0.222 e. The molecule has 0 spiro atoms. The number of fused-ring (bicyclic) bond motifs is 1. The van der Waals surface area contributed by atoms with Crippen molar-refractivity contribution in [3.05, 3.63) is 72.4 Å². The second kappa shape index (κ2) is 8.81. The normalized spacial score (nSPS) is 16.9. The number of ether oxygens (including phenoxy) is 2. The number of anilines is 2. The number of pyridine rings is 1. The molecule has 0 radical (unpaired) electrons. The van der Waals surface area contributed by atoms with Crippen LogP contribution in [0.2, 0.25) is 0 Å². The van der Waals surface area contributed by atoms with E-state index in [-0.39, 0.29) is 0 Å². The predicted molar refractivity (Wildman–Crippen MR) is 121 cm³/mol. The standard InChI is InChI=1S/C24H23N3O2S/c1-2-8-22-21(7-1)27-24(30-22)26-18-9-11-19(12-10-18)29-23-20(6-3-14-25-23)17-5-4-15-28-16-13-17/h1-3,6-12,14,17H,4-5,13,15-16H2,(H,26,27). The second-order valence-electron chi connectivity index (χ2n) is 7.38. The lowest BCUT2D eigenvalue weighted by Gasteiger charge is -2.17. The van der Waals surface area contributed by atoms with Crippen LogP contribution >= 0.6 is 11.3 Å². The smallest absolute Gasteiger partial charge is 0.222 e. The molecule has 0 saturated carbocycles. The number of rotatable bonds is 5. The average molecular weight is 418 g/mol. The first-order chi connectivity index (χ1) is 14.8. The van der Waals surface area contributed by atoms with E-state index in [1.807, 2.05) is 48.5 Å². The number of nitrogens with zero attached hydrogens (tertiary/aromatic N) is 2. The van der Waals surface area contributed by atoms with Gasteiger partial charge in [0.2, 0.25) is 5.88 Å². The van der Waals surface area contributed by atoms with Crippen LogP contribution in [0, 0.1) is 0 Å². The van der Waals surface area contributed by atoms with Crippen molar-refractivity contribution < 1.29 is 9.47 Å². The minimum absolute atomic E-state index is 0.427. The molecular formula is C24H23N3O2S. The van der Waals surface area contributed by atoms with Crippen LogP contribution in [-0.4, -0.2) is 23.2 Å². The number of thiazole rings is 1. The predicted octanol–water partition coefficient (Wildman–Crippen LogP) is 6.51. The Hall–Kier alpha value is -2.96. The summed E-state index contributed by atoms with van der Waals surface area (Å²) in [6, 6.07) is 20.2. The lowest BCUT2D eigenvalue weighted by molar-refractivity contribution is 0.143. The van der Waals surface area contributed by atoms with Gasteiger partial charge in [0.15, 0.2) is 5.13 Å². The molecule has 5 rings (SSSR count). The monoisotopic (exact) mass is 417 g/mol. The van der Waals surface area contributed by atoms with Crippen LogP contribution in [0.5, 0.6) is 11.6 Å². The fourth-order valence-corrected chi connectivity index (χ4v) is 4.67. The highest BCUT2D eigenvalue weighted by atomic mass is 32.1. The van der Waals surface area contributed by atoms with Gasteiger partial charge in [0.1, 0.15) is 5.75 Å². The summed E-state index contributed by atoms with van der Waals surface area (Å²) >= 11 is 1.64. The molecular weight excluding hydrogens is 394 g/mol. The summed E-state index contributed by atoms with van der Waals surface area (Å²) in [5.74, 6) is 1.89. The summed E-state index contributed by atoms with van der Waals surface area (Å²) < 4.78 is 12.9. The van der Waals surface area contributed by atoms with Gasteiger partial charge in [-0.25, -0.2) is 9.97 Å². The minimum Gasteiger partial charge on any atom is -0.439 e. The molecule has 6 heteroatoms. The van der Waals surface area contributed by atoms with Crippen LogP contribution in [0.4, 0.5) is 10.8 Å². The molecule has 0 aliphatic carbocycles. The van der Waals surface area contributed by atoms with Crippen LogP contribution in [0.1, 0.15) is 30.7 Å². The van der Waals surface area contributed by atoms with Crippen molar-refractivity contribution in [2.75, 3.05) is 18.5 Å². The molecule has 0 bridgehead atoms. The van der Waals surface area contributed by atoms with Gasteiger partial charge in [0, 0.05) is 30.7 Å². The fourth-order valence-electron chi connectivity index (χ4n) is 3.78. The van der Waals surface area contributed by atoms with Gasteiger partial charge in [-0.05, 0) is 67.6 Å². The van der Waals surface area contributed by atoms with Crippen LogP contribution in [0.25, 0.3) is 10.2 Å². The Morgan fingerprint density at radius 1 is 0.967 bits per heavy atom. The van der Waals surface area contributed by atoms with E-state index in [0.717, 1.165) is 54.6 Å². The fraction of sp³-hybridized carbons (Fsp3) is 0.250. The van der Waals surface area contributed by atoms with E-state index >= 15 is 0 Å². The average Bonchev–Trinajstić information content (AvgIpc) is 2.99. The summed E-state index contributed by atoms with van der Waals surface area (Å²) in [5.41, 5.74) is 3.15. The highest BCUT2D eigenvalue weighted by molar-refractivity contribution is 7.22. The third-order valence-corrected chi connectivity index (χ3v) is 6.26. The van der Waals surface area contributed by atoms with E-state index in [4.69, 9.17) is 9.47 Å². The molecule has 1 aliphatic rings. The molecule has 1 aliphatic heterocycles. The van der Waals surface area contributed by atoms with Crippen molar-refractivity contribution >= 4 is 32.4 Å². The van der Waals surface area contributed by atoms with Gasteiger partial charge in [0.05, 0.1) is 10.2 Å². The number of hydrogen-bond acceptors (Lipinski definition) is 6. The number of aromatic nitrogens is 2. The molecule has 2 aromatic carbocycles. The zero-order valence-corrected chi connectivity index (χ0v) is 17.4. The Morgan fingerprint density at radius 2 is 1.87 bits per heavy atom. The molecule has 0 amide bonds. The van der Waals surface area contributed by atoms with Crippen molar-refractivity contribution in [1.29, 1.82) is 0 Å². The minimum atomic E-state index is 0.427. The quantitative estimate of drug-likeness (QED) is 0.401. The zero-order valence-electron chi connectivity index (χ0n) is 16.6. The van der Waals surface area contributed by atoms with Crippen molar-refractivity contribution in [2.24, 2.45) is 0 Å². The van der Waals surface area contributed by atoms with Crippen molar-refractivity contribution in [3.8, 4) is 11.6 Å². The molecule has 1 unspecified atom stereocenters. The summed E-state index contributed by atoms with van der Waals surface area (Å²) in [5, 5.41) is 4.26. The molecule has 152 valence electrons. The third kappa shape index (κ3) is 4.30. The van der Waals surface area contributed by atoms with Gasteiger partial charge < -0.3 is 14.8 Å². The van der Waals surface area contributed by atoms with Gasteiger partial charge in [-0.1, -0.05) is 29.5 Å². The lowest BCUT2D eigenvalue weighted by Crippen LogP contribution is -2.03. The van der Waals surface area contributed by atoms with Crippen LogP contribution in [-0.2, 0) is 4.74 Å². The van der Waals surface area contributed by atoms with Crippen LogP contribution < -0.4 is 10.1 Å². The first-order valence-electron chi connectivity index (χ1n) is 10.3. The van der Waals surface area contributed by atoms with Crippen molar-refractivity contribution in [1.82, 2.24) is 9.97 Å². The molecule has 4 aromatic rings. The Bertz CT molecular complexity index is 1090. The lowest BCUT2D eigenvalue weighted by atomic mass is 9.93. The Balaban J connectivity index is 1.30. The van der Waals surface area contributed by atoms with Gasteiger partial charge in [-0.3, -0.25) is 0 Å². The molecule has 1 fully saturated rings. The largest absolute Gasteiger partial charge is 0.439 e. The summed E-state index contributed by atoms with van der Waals surface area (Å²) in [7, 11) is 0. The van der Waals surface area contributed by atoms with Crippen LogP contribution in [0.15, 0.2) is 66.9 Å². The van der Waals surface area contributed by atoms with E-state index in [1.165, 1.54) is 10.3 Å². The molecule has 1 saturated heterocycles. The van der Waals surface area contributed by atoms with E-state index in [2.05, 4.69) is 27.4 Å². The van der Waals surface area contributed by atoms with E-state index in [9.17, 15) is 0 Å². The van der Waals surface area contributed by atoms with Gasteiger partial charge in [-0.2, -0.15) is 0 Å². The zero-order chi connectivity index (χ0) is 20.2. The summed E-state index contributed by atoms with van der Waals surface area (Å²) in [4.78, 5) is 9.13. The summed E-state index contributed by atoms with van der Waals surface area (Å²) in [6.45, 7) is 1.64. The van der Waals surface area contributed by atoms with Crippen molar-refractivity contribution in [3.63, 3.8) is 0 Å². The number of para-hydroxylation sites is 1. The Kier molecular flexibility index (Phi) is 5.59. The second-order valence-corrected chi connectivity index (χ2v) is 8.41. The SMILES string of the molecule is c1cnc(Oc2ccc(Nc3nc4ccccc4s3)cc2)c(C2CCCOCC2)c1. The first-order valence-corrected chi connectivity index (χ1v) is 11.1.